The first-order valence-corrected chi connectivity index (χ1v) is 5.24. The molecule has 88 valence electrons. The summed E-state index contributed by atoms with van der Waals surface area (Å²) in [5.41, 5.74) is 0.941. The first-order valence-electron chi connectivity index (χ1n) is 7.74. The minimum absolute atomic E-state index is 0.0551. The molecule has 0 heterocycles. The lowest BCUT2D eigenvalue weighted by Crippen LogP contribution is -1.99. The van der Waals surface area contributed by atoms with E-state index in [0.29, 0.717) is 5.75 Å². The summed E-state index contributed by atoms with van der Waals surface area (Å²) in [6, 6.07) is 15.9. The van der Waals surface area contributed by atoms with Gasteiger partial charge in [0.15, 0.2) is 11.5 Å². The zero-order valence-electron chi connectivity index (χ0n) is 14.2. The normalized spacial score (nSPS) is 15.9. The summed E-state index contributed by atoms with van der Waals surface area (Å²) in [6.45, 7) is -5.41. The molecule has 0 N–H and O–H groups in total. The lowest BCUT2D eigenvalue weighted by molar-refractivity contribution is 0.269. The van der Waals surface area contributed by atoms with Crippen LogP contribution in [-0.4, -0.2) is 6.56 Å². The monoisotopic (exact) mass is 233 g/mol. The topological polar surface area (TPSA) is 18.5 Å². The first kappa shape index (κ1) is 6.70. The van der Waals surface area contributed by atoms with Gasteiger partial charge >= 0.3 is 0 Å². The van der Waals surface area contributed by atoms with Crippen molar-refractivity contribution in [2.24, 2.45) is 0 Å². The molecule has 0 aliphatic carbocycles. The van der Waals surface area contributed by atoms with Crippen LogP contribution in [0.4, 0.5) is 0 Å². The molecule has 0 spiro atoms. The molecule has 2 nitrogen and oxygen atoms in total. The van der Waals surface area contributed by atoms with Crippen LogP contribution in [0.2, 0.25) is 0 Å². The minimum Gasteiger partial charge on any atom is -0.490 e. The van der Waals surface area contributed by atoms with Crippen LogP contribution in [0.5, 0.6) is 11.5 Å². The van der Waals surface area contributed by atoms with Gasteiger partial charge in [-0.2, -0.15) is 0 Å². The molecule has 0 atom stereocenters. The van der Waals surface area contributed by atoms with Crippen molar-refractivity contribution in [1.82, 2.24) is 0 Å². The first-order chi connectivity index (χ1) is 10.3. The van der Waals surface area contributed by atoms with E-state index in [2.05, 4.69) is 0 Å². The Labute approximate surface area is 109 Å². The molecule has 0 saturated carbocycles. The lowest BCUT2D eigenvalue weighted by atomic mass is 10.2. The van der Waals surface area contributed by atoms with Crippen LogP contribution in [0.25, 0.3) is 0 Å². The summed E-state index contributed by atoms with van der Waals surface area (Å²) < 4.78 is 47.3. The molecule has 0 radical (unpaired) electrons. The van der Waals surface area contributed by atoms with Gasteiger partial charge in [-0.1, -0.05) is 42.5 Å². The Morgan fingerprint density at radius 2 is 1.59 bits per heavy atom. The fraction of sp³-hybridized carbons (Fsp3) is 0.200. The lowest BCUT2D eigenvalue weighted by Gasteiger charge is -2.11. The van der Waals surface area contributed by atoms with Crippen LogP contribution in [-0.2, 0) is 6.61 Å². The highest BCUT2D eigenvalue weighted by atomic mass is 16.5. The second-order valence-electron chi connectivity index (χ2n) is 3.43. The van der Waals surface area contributed by atoms with E-state index < -0.39 is 13.4 Å². The predicted octanol–water partition coefficient (Wildman–Crippen LogP) is 3.66. The fourth-order valence-corrected chi connectivity index (χ4v) is 1.44. The Kier molecular flexibility index (Phi) is 2.34. The molecule has 0 aromatic heterocycles. The largest absolute Gasteiger partial charge is 0.490 e. The highest BCUT2D eigenvalue weighted by Crippen LogP contribution is 2.27. The van der Waals surface area contributed by atoms with Crippen LogP contribution < -0.4 is 9.47 Å². The van der Waals surface area contributed by atoms with E-state index in [4.69, 9.17) is 16.3 Å². The maximum absolute atomic E-state index is 7.53. The summed E-state index contributed by atoms with van der Waals surface area (Å²) in [5, 5.41) is 0. The molecular weight excluding hydrogens is 212 g/mol. The molecule has 0 amide bonds. The molecule has 2 aromatic rings. The Bertz CT molecular complexity index is 611. The predicted molar refractivity (Wildman–Crippen MR) is 68.4 cm³/mol. The minimum atomic E-state index is -2.89. The third-order valence-electron chi connectivity index (χ3n) is 2.25. The number of para-hydroxylation sites is 2. The fourth-order valence-electron chi connectivity index (χ4n) is 1.44. The molecule has 0 bridgehead atoms. The Balaban J connectivity index is 2.13. The second-order valence-corrected chi connectivity index (χ2v) is 3.43. The van der Waals surface area contributed by atoms with Gasteiger partial charge in [-0.15, -0.1) is 0 Å². The van der Waals surface area contributed by atoms with Crippen molar-refractivity contribution in [3.05, 3.63) is 60.2 Å². The highest BCUT2D eigenvalue weighted by molar-refractivity contribution is 5.39. The summed E-state index contributed by atoms with van der Waals surface area (Å²) >= 11 is 0. The molecule has 0 aliphatic rings. The van der Waals surface area contributed by atoms with Gasteiger partial charge in [0.1, 0.15) is 6.61 Å². The maximum atomic E-state index is 7.53. The number of rotatable bonds is 5. The van der Waals surface area contributed by atoms with Gasteiger partial charge in [0, 0.05) is 4.11 Å². The van der Waals surface area contributed by atoms with Gasteiger partial charge in [0.05, 0.1) is 9.30 Å². The average molecular weight is 233 g/mol. The zero-order valence-corrected chi connectivity index (χ0v) is 9.22. The molecule has 17 heavy (non-hydrogen) atoms. The average Bonchev–Trinajstić information content (AvgIpc) is 2.46. The van der Waals surface area contributed by atoms with Crippen molar-refractivity contribution in [2.45, 2.75) is 13.5 Å². The van der Waals surface area contributed by atoms with Gasteiger partial charge in [-0.25, -0.2) is 0 Å². The molecule has 0 aliphatic heterocycles. The maximum Gasteiger partial charge on any atom is 0.161 e. The number of hydrogen-bond acceptors (Lipinski definition) is 2. The highest BCUT2D eigenvalue weighted by Gasteiger charge is 2.03. The smallest absolute Gasteiger partial charge is 0.161 e. The van der Waals surface area contributed by atoms with E-state index in [-0.39, 0.29) is 12.4 Å². The number of hydrogen-bond donors (Lipinski definition) is 0. The molecule has 2 rings (SSSR count). The van der Waals surface area contributed by atoms with Crippen molar-refractivity contribution in [3.63, 3.8) is 0 Å². The van der Waals surface area contributed by atoms with Crippen molar-refractivity contribution in [3.8, 4) is 11.5 Å². The summed E-state index contributed by atoms with van der Waals surface area (Å²) in [7, 11) is 0. The third-order valence-corrected chi connectivity index (χ3v) is 2.25. The van der Waals surface area contributed by atoms with E-state index in [1.807, 2.05) is 30.3 Å². The van der Waals surface area contributed by atoms with Crippen LogP contribution in [0, 0.1) is 0 Å². The van der Waals surface area contributed by atoms with E-state index in [0.717, 1.165) is 5.56 Å². The molecule has 0 saturated heterocycles. The number of benzene rings is 2. The van der Waals surface area contributed by atoms with E-state index in [1.165, 1.54) is 6.07 Å². The van der Waals surface area contributed by atoms with E-state index in [1.54, 1.807) is 18.2 Å². The Morgan fingerprint density at radius 1 is 0.941 bits per heavy atom. The summed E-state index contributed by atoms with van der Waals surface area (Å²) in [5.74, 6) is 0.346. The van der Waals surface area contributed by atoms with Crippen LogP contribution >= 0.6 is 0 Å². The van der Waals surface area contributed by atoms with Crippen LogP contribution in [0.15, 0.2) is 54.6 Å². The molecule has 2 aromatic carbocycles. The second kappa shape index (κ2) is 5.94. The van der Waals surface area contributed by atoms with Crippen LogP contribution in [0.1, 0.15) is 19.3 Å². The van der Waals surface area contributed by atoms with Gasteiger partial charge < -0.3 is 9.47 Å². The van der Waals surface area contributed by atoms with E-state index in [9.17, 15) is 0 Å². The number of ether oxygens (including phenoxy) is 2. The molecule has 2 heteroatoms. The zero-order chi connectivity index (χ0) is 16.2. The van der Waals surface area contributed by atoms with Gasteiger partial charge in [-0.3, -0.25) is 0 Å². The quantitative estimate of drug-likeness (QED) is 0.784. The SMILES string of the molecule is [2H]C([2H])([2H])C([2H])([2H])Oc1ccccc1OCc1ccccc1. The summed E-state index contributed by atoms with van der Waals surface area (Å²) in [6.07, 6.45) is 0. The third kappa shape index (κ3) is 3.25. The van der Waals surface area contributed by atoms with Gasteiger partial charge in [0.2, 0.25) is 0 Å². The molecular formula is C15H16O2. The Hall–Kier alpha value is -1.96. The molecule has 0 unspecified atom stereocenters. The summed E-state index contributed by atoms with van der Waals surface area (Å²) in [4.78, 5) is 0. The van der Waals surface area contributed by atoms with Crippen molar-refractivity contribution in [1.29, 1.82) is 0 Å². The van der Waals surface area contributed by atoms with Crippen molar-refractivity contribution >= 4 is 0 Å². The van der Waals surface area contributed by atoms with Crippen molar-refractivity contribution in [2.75, 3.05) is 6.56 Å². The molecule has 0 fully saturated rings. The van der Waals surface area contributed by atoms with Gasteiger partial charge in [0.25, 0.3) is 0 Å². The standard InChI is InChI=1S/C15H16O2/c1-2-16-14-10-6-7-11-15(14)17-12-13-8-4-3-5-9-13/h3-11H,2,12H2,1H3/i1D3,2D2. The van der Waals surface area contributed by atoms with Crippen molar-refractivity contribution < 1.29 is 16.3 Å². The van der Waals surface area contributed by atoms with Gasteiger partial charge in [-0.05, 0) is 24.5 Å². The Morgan fingerprint density at radius 3 is 2.29 bits per heavy atom. The van der Waals surface area contributed by atoms with E-state index >= 15 is 0 Å². The van der Waals surface area contributed by atoms with Crippen LogP contribution in [0.3, 0.4) is 0 Å².